The highest BCUT2D eigenvalue weighted by Crippen LogP contribution is 2.28. The molecule has 0 saturated heterocycles. The van der Waals surface area contributed by atoms with Crippen LogP contribution in [0, 0.1) is 5.92 Å². The smallest absolute Gasteiger partial charge is 0.319 e. The number of nitrogens with one attached hydrogen (secondary N) is 2. The first-order valence-electron chi connectivity index (χ1n) is 9.67. The quantitative estimate of drug-likeness (QED) is 0.799. The lowest BCUT2D eigenvalue weighted by Gasteiger charge is -2.30. The van der Waals surface area contributed by atoms with Crippen molar-refractivity contribution in [2.24, 2.45) is 5.92 Å². The fourth-order valence-electron chi connectivity index (χ4n) is 4.09. The van der Waals surface area contributed by atoms with E-state index >= 15 is 0 Å². The summed E-state index contributed by atoms with van der Waals surface area (Å²) in [6, 6.07) is 10.7. The zero-order valence-electron chi connectivity index (χ0n) is 15.3. The minimum atomic E-state index is -0.0858. The molecule has 1 aliphatic carbocycles. The normalized spacial score (nSPS) is 22.6. The molecular formula is C21H27N3OS. The molecule has 1 aromatic carbocycles. The van der Waals surface area contributed by atoms with Crippen LogP contribution in [0.25, 0.3) is 0 Å². The SMILES string of the molecule is CC1CCCCC1NC(=O)Nc1ccc(N2CCc3sccc3C2)cc1. The molecule has 2 heterocycles. The molecule has 0 radical (unpaired) electrons. The van der Waals surface area contributed by atoms with Crippen LogP contribution in [-0.4, -0.2) is 18.6 Å². The minimum absolute atomic E-state index is 0.0858. The molecule has 138 valence electrons. The molecule has 2 aromatic rings. The van der Waals surface area contributed by atoms with Crippen molar-refractivity contribution >= 4 is 28.7 Å². The van der Waals surface area contributed by atoms with Gasteiger partial charge >= 0.3 is 6.03 Å². The average Bonchev–Trinajstić information content (AvgIpc) is 3.12. The molecule has 1 fully saturated rings. The van der Waals surface area contributed by atoms with Crippen LogP contribution < -0.4 is 15.5 Å². The second-order valence-corrected chi connectivity index (χ2v) is 8.55. The first-order valence-corrected chi connectivity index (χ1v) is 10.5. The van der Waals surface area contributed by atoms with Crippen molar-refractivity contribution in [1.82, 2.24) is 5.32 Å². The number of hydrogen-bond donors (Lipinski definition) is 2. The van der Waals surface area contributed by atoms with Gasteiger partial charge in [0.1, 0.15) is 0 Å². The highest BCUT2D eigenvalue weighted by Gasteiger charge is 2.23. The molecule has 4 nitrogen and oxygen atoms in total. The Bertz CT molecular complexity index is 755. The largest absolute Gasteiger partial charge is 0.367 e. The molecule has 5 heteroatoms. The van der Waals surface area contributed by atoms with E-state index in [-0.39, 0.29) is 6.03 Å². The number of carbonyl (C=O) groups excluding carboxylic acids is 1. The number of hydrogen-bond acceptors (Lipinski definition) is 3. The Balaban J connectivity index is 1.33. The van der Waals surface area contributed by atoms with Crippen molar-refractivity contribution in [3.05, 3.63) is 46.2 Å². The second kappa shape index (κ2) is 7.70. The number of nitrogens with zero attached hydrogens (tertiary/aromatic N) is 1. The molecular weight excluding hydrogens is 342 g/mol. The molecule has 1 saturated carbocycles. The van der Waals surface area contributed by atoms with Crippen molar-refractivity contribution in [1.29, 1.82) is 0 Å². The van der Waals surface area contributed by atoms with Crippen molar-refractivity contribution in [2.75, 3.05) is 16.8 Å². The van der Waals surface area contributed by atoms with Gasteiger partial charge in [0.25, 0.3) is 0 Å². The first-order chi connectivity index (χ1) is 12.7. The topological polar surface area (TPSA) is 44.4 Å². The molecule has 2 unspecified atom stereocenters. The molecule has 2 N–H and O–H groups in total. The Morgan fingerprint density at radius 2 is 1.96 bits per heavy atom. The highest BCUT2D eigenvalue weighted by molar-refractivity contribution is 7.10. The fourth-order valence-corrected chi connectivity index (χ4v) is 4.98. The summed E-state index contributed by atoms with van der Waals surface area (Å²) in [5.74, 6) is 0.568. The van der Waals surface area contributed by atoms with E-state index in [2.05, 4.69) is 46.0 Å². The predicted molar refractivity (Wildman–Crippen MR) is 109 cm³/mol. The lowest BCUT2D eigenvalue weighted by molar-refractivity contribution is 0.232. The van der Waals surface area contributed by atoms with E-state index < -0.39 is 0 Å². The van der Waals surface area contributed by atoms with E-state index in [1.54, 1.807) is 0 Å². The number of benzene rings is 1. The number of anilines is 2. The predicted octanol–water partition coefficient (Wildman–Crippen LogP) is 5.01. The third-order valence-electron chi connectivity index (χ3n) is 5.73. The van der Waals surface area contributed by atoms with Crippen LogP contribution in [0.2, 0.25) is 0 Å². The maximum absolute atomic E-state index is 12.3. The molecule has 4 rings (SSSR count). The maximum atomic E-state index is 12.3. The molecule has 1 aromatic heterocycles. The number of rotatable bonds is 3. The lowest BCUT2D eigenvalue weighted by Crippen LogP contribution is -2.43. The van der Waals surface area contributed by atoms with Crippen LogP contribution in [-0.2, 0) is 13.0 Å². The number of fused-ring (bicyclic) bond motifs is 1. The second-order valence-electron chi connectivity index (χ2n) is 7.55. The Kier molecular flexibility index (Phi) is 5.16. The molecule has 2 atom stereocenters. The Morgan fingerprint density at radius 1 is 1.15 bits per heavy atom. The van der Waals surface area contributed by atoms with Crippen molar-refractivity contribution in [3.63, 3.8) is 0 Å². The van der Waals surface area contributed by atoms with Crippen LogP contribution >= 0.6 is 11.3 Å². The number of carbonyl (C=O) groups is 1. The monoisotopic (exact) mass is 369 g/mol. The molecule has 0 bridgehead atoms. The average molecular weight is 370 g/mol. The van der Waals surface area contributed by atoms with Gasteiger partial charge in [0.2, 0.25) is 0 Å². The van der Waals surface area contributed by atoms with Gasteiger partial charge in [-0.25, -0.2) is 4.79 Å². The summed E-state index contributed by atoms with van der Waals surface area (Å²) in [5, 5.41) is 8.32. The Hall–Kier alpha value is -2.01. The van der Waals surface area contributed by atoms with E-state index in [0.29, 0.717) is 12.0 Å². The van der Waals surface area contributed by atoms with Gasteiger partial charge in [-0.15, -0.1) is 11.3 Å². The lowest BCUT2D eigenvalue weighted by atomic mass is 9.86. The van der Waals surface area contributed by atoms with E-state index in [0.717, 1.165) is 31.6 Å². The molecule has 0 spiro atoms. The van der Waals surface area contributed by atoms with E-state index in [1.807, 2.05) is 23.5 Å². The van der Waals surface area contributed by atoms with E-state index in [4.69, 9.17) is 0 Å². The third kappa shape index (κ3) is 3.88. The Labute approximate surface area is 159 Å². The summed E-state index contributed by atoms with van der Waals surface area (Å²) in [4.78, 5) is 16.2. The summed E-state index contributed by atoms with van der Waals surface area (Å²) in [7, 11) is 0. The first kappa shape index (κ1) is 17.4. The van der Waals surface area contributed by atoms with E-state index in [1.165, 1.54) is 35.4 Å². The zero-order chi connectivity index (χ0) is 17.9. The van der Waals surface area contributed by atoms with Gasteiger partial charge in [-0.3, -0.25) is 0 Å². The van der Waals surface area contributed by atoms with Gasteiger partial charge < -0.3 is 15.5 Å². The van der Waals surface area contributed by atoms with Gasteiger partial charge in [-0.05, 0) is 66.5 Å². The van der Waals surface area contributed by atoms with Crippen LogP contribution in [0.5, 0.6) is 0 Å². The number of thiophene rings is 1. The minimum Gasteiger partial charge on any atom is -0.367 e. The highest BCUT2D eigenvalue weighted by atomic mass is 32.1. The third-order valence-corrected chi connectivity index (χ3v) is 6.75. The van der Waals surface area contributed by atoms with E-state index in [9.17, 15) is 4.79 Å². The maximum Gasteiger partial charge on any atom is 0.319 e. The van der Waals surface area contributed by atoms with Crippen LogP contribution in [0.1, 0.15) is 43.0 Å². The van der Waals surface area contributed by atoms with Crippen molar-refractivity contribution < 1.29 is 4.79 Å². The van der Waals surface area contributed by atoms with Gasteiger partial charge in [0.05, 0.1) is 0 Å². The van der Waals surface area contributed by atoms with Gasteiger partial charge in [-0.2, -0.15) is 0 Å². The summed E-state index contributed by atoms with van der Waals surface area (Å²) in [5.41, 5.74) is 3.51. The van der Waals surface area contributed by atoms with Crippen molar-refractivity contribution in [3.8, 4) is 0 Å². The molecule has 26 heavy (non-hydrogen) atoms. The van der Waals surface area contributed by atoms with Crippen molar-refractivity contribution in [2.45, 2.75) is 51.6 Å². The van der Waals surface area contributed by atoms with Crippen LogP contribution in [0.3, 0.4) is 0 Å². The standard InChI is InChI=1S/C21H27N3OS/c1-15-4-2-3-5-19(15)23-21(25)22-17-6-8-18(9-7-17)24-12-10-20-16(14-24)11-13-26-20/h6-9,11,13,15,19H,2-5,10,12,14H2,1H3,(H2,22,23,25). The van der Waals surface area contributed by atoms with Crippen LogP contribution in [0.4, 0.5) is 16.2 Å². The summed E-state index contributed by atoms with van der Waals surface area (Å²) in [6.45, 7) is 4.27. The van der Waals surface area contributed by atoms with Gasteiger partial charge in [0, 0.05) is 35.4 Å². The van der Waals surface area contributed by atoms with Gasteiger partial charge in [0.15, 0.2) is 0 Å². The summed E-state index contributed by atoms with van der Waals surface area (Å²) >= 11 is 1.86. The number of urea groups is 1. The fraction of sp³-hybridized carbons (Fsp3) is 0.476. The molecule has 1 aliphatic heterocycles. The summed E-state index contributed by atoms with van der Waals surface area (Å²) < 4.78 is 0. The Morgan fingerprint density at radius 3 is 2.77 bits per heavy atom. The zero-order valence-corrected chi connectivity index (χ0v) is 16.1. The van der Waals surface area contributed by atoms with Crippen LogP contribution in [0.15, 0.2) is 35.7 Å². The number of amides is 2. The summed E-state index contributed by atoms with van der Waals surface area (Å²) in [6.07, 6.45) is 5.92. The van der Waals surface area contributed by atoms with Gasteiger partial charge in [-0.1, -0.05) is 19.8 Å². The molecule has 2 aliphatic rings. The molecule has 2 amide bonds.